The molecule has 0 aliphatic heterocycles. The summed E-state index contributed by atoms with van der Waals surface area (Å²) in [4.78, 5) is 11.9. The number of ether oxygens (including phenoxy) is 1. The van der Waals surface area contributed by atoms with Crippen molar-refractivity contribution in [2.24, 2.45) is 0 Å². The molecule has 0 aliphatic carbocycles. The minimum absolute atomic E-state index is 0.0555. The lowest BCUT2D eigenvalue weighted by Crippen LogP contribution is -2.24. The predicted molar refractivity (Wildman–Crippen MR) is 90.4 cm³/mol. The molecule has 134 valence electrons. The molecule has 0 saturated carbocycles. The number of hydrogen-bond acceptors (Lipinski definition) is 4. The van der Waals surface area contributed by atoms with Crippen molar-refractivity contribution < 1.29 is 26.7 Å². The number of halogens is 2. The van der Waals surface area contributed by atoms with Gasteiger partial charge >= 0.3 is 6.61 Å². The Bertz CT molecular complexity index is 836. The second-order valence-electron chi connectivity index (χ2n) is 5.47. The van der Waals surface area contributed by atoms with Crippen LogP contribution in [-0.2, 0) is 20.4 Å². The molecule has 2 aromatic rings. The van der Waals surface area contributed by atoms with Gasteiger partial charge in [-0.3, -0.25) is 4.79 Å². The molecule has 0 aliphatic rings. The van der Waals surface area contributed by atoms with Crippen molar-refractivity contribution in [3.63, 3.8) is 0 Å². The number of anilines is 1. The zero-order valence-corrected chi connectivity index (χ0v) is 14.2. The van der Waals surface area contributed by atoms with E-state index in [-0.39, 0.29) is 17.2 Å². The summed E-state index contributed by atoms with van der Waals surface area (Å²) in [5.74, 6) is -1.66. The van der Waals surface area contributed by atoms with E-state index in [4.69, 9.17) is 0 Å². The van der Waals surface area contributed by atoms with E-state index < -0.39 is 28.1 Å². The minimum atomic E-state index is -3.63. The Balaban J connectivity index is 1.94. The molecule has 0 saturated heterocycles. The van der Waals surface area contributed by atoms with Crippen molar-refractivity contribution in [2.45, 2.75) is 19.3 Å². The lowest BCUT2D eigenvalue weighted by molar-refractivity contribution is -0.113. The Morgan fingerprint density at radius 1 is 1.16 bits per heavy atom. The number of benzene rings is 2. The Labute approximate surface area is 144 Å². The van der Waals surface area contributed by atoms with Crippen LogP contribution in [0.3, 0.4) is 0 Å². The second-order valence-corrected chi connectivity index (χ2v) is 7.54. The number of carbonyl (C=O) groups excluding carboxylic acids is 1. The Morgan fingerprint density at radius 2 is 1.84 bits per heavy atom. The molecule has 1 amide bonds. The summed E-state index contributed by atoms with van der Waals surface area (Å²) in [6, 6.07) is 12.2. The fourth-order valence-corrected chi connectivity index (χ4v) is 3.48. The number of nitrogens with one attached hydrogen (secondary N) is 1. The Morgan fingerprint density at radius 3 is 2.44 bits per heavy atom. The normalized spacial score (nSPS) is 11.4. The molecule has 0 radical (unpaired) electrons. The summed E-state index contributed by atoms with van der Waals surface area (Å²) >= 11 is 0. The van der Waals surface area contributed by atoms with Crippen molar-refractivity contribution >= 4 is 21.4 Å². The van der Waals surface area contributed by atoms with Crippen molar-refractivity contribution in [1.29, 1.82) is 0 Å². The Hall–Kier alpha value is -2.48. The van der Waals surface area contributed by atoms with Crippen molar-refractivity contribution in [3.05, 3.63) is 59.7 Å². The Kier molecular flexibility index (Phi) is 6.08. The van der Waals surface area contributed by atoms with Gasteiger partial charge in [-0.25, -0.2) is 8.42 Å². The molecule has 0 fully saturated rings. The summed E-state index contributed by atoms with van der Waals surface area (Å²) in [7, 11) is -3.63. The third-order valence-electron chi connectivity index (χ3n) is 3.18. The third-order valence-corrected chi connectivity index (χ3v) is 4.66. The number of hydrogen-bond donors (Lipinski definition) is 1. The molecular formula is C17H17F2NO4S. The van der Waals surface area contributed by atoms with Crippen LogP contribution in [-0.4, -0.2) is 26.7 Å². The minimum Gasteiger partial charge on any atom is -0.435 e. The summed E-state index contributed by atoms with van der Waals surface area (Å²) in [5.41, 5.74) is 1.84. The highest BCUT2D eigenvalue weighted by molar-refractivity contribution is 7.91. The van der Waals surface area contributed by atoms with Gasteiger partial charge in [-0.1, -0.05) is 29.8 Å². The summed E-state index contributed by atoms with van der Waals surface area (Å²) in [6.07, 6.45) is 0. The predicted octanol–water partition coefficient (Wildman–Crippen LogP) is 3.15. The highest BCUT2D eigenvalue weighted by atomic mass is 32.2. The number of sulfone groups is 1. The van der Waals surface area contributed by atoms with Gasteiger partial charge in [-0.2, -0.15) is 8.78 Å². The van der Waals surface area contributed by atoms with E-state index in [1.54, 1.807) is 18.2 Å². The molecule has 25 heavy (non-hydrogen) atoms. The first kappa shape index (κ1) is 18.9. The van der Waals surface area contributed by atoms with Crippen LogP contribution >= 0.6 is 0 Å². The fraction of sp³-hybridized carbons (Fsp3) is 0.235. The molecule has 5 nitrogen and oxygen atoms in total. The number of rotatable bonds is 7. The maximum atomic E-state index is 12.1. The van der Waals surface area contributed by atoms with E-state index in [1.165, 1.54) is 24.3 Å². The molecule has 0 bridgehead atoms. The number of amides is 1. The van der Waals surface area contributed by atoms with Gasteiger partial charge in [0.05, 0.1) is 5.75 Å². The number of aryl methyl sites for hydroxylation is 1. The molecule has 1 N–H and O–H groups in total. The van der Waals surface area contributed by atoms with Crippen LogP contribution in [0.4, 0.5) is 14.5 Å². The first-order chi connectivity index (χ1) is 11.7. The van der Waals surface area contributed by atoms with Gasteiger partial charge in [0.1, 0.15) is 11.5 Å². The third kappa shape index (κ3) is 6.50. The molecule has 8 heteroatoms. The van der Waals surface area contributed by atoms with Crippen LogP contribution < -0.4 is 10.1 Å². The first-order valence-electron chi connectivity index (χ1n) is 7.34. The molecule has 0 unspecified atom stereocenters. The topological polar surface area (TPSA) is 72.5 Å². The van der Waals surface area contributed by atoms with E-state index in [0.29, 0.717) is 5.56 Å². The monoisotopic (exact) mass is 369 g/mol. The van der Waals surface area contributed by atoms with Gasteiger partial charge in [0.2, 0.25) is 5.91 Å². The van der Waals surface area contributed by atoms with E-state index in [9.17, 15) is 22.0 Å². The molecular weight excluding hydrogens is 352 g/mol. The van der Waals surface area contributed by atoms with Crippen LogP contribution in [0.2, 0.25) is 0 Å². The SMILES string of the molecule is Cc1cccc(CS(=O)(=O)CC(=O)Nc2ccc(OC(F)F)cc2)c1. The fourth-order valence-electron chi connectivity index (χ4n) is 2.22. The van der Waals surface area contributed by atoms with E-state index in [0.717, 1.165) is 5.56 Å². The van der Waals surface area contributed by atoms with Gasteiger partial charge in [-0.15, -0.1) is 0 Å². The molecule has 0 spiro atoms. The largest absolute Gasteiger partial charge is 0.435 e. The van der Waals surface area contributed by atoms with Crippen LogP contribution in [0.5, 0.6) is 5.75 Å². The molecule has 0 aromatic heterocycles. The van der Waals surface area contributed by atoms with Gasteiger partial charge in [0.15, 0.2) is 9.84 Å². The second kappa shape index (κ2) is 8.06. The van der Waals surface area contributed by atoms with Crippen molar-refractivity contribution in [3.8, 4) is 5.75 Å². The lowest BCUT2D eigenvalue weighted by atomic mass is 10.2. The van der Waals surface area contributed by atoms with E-state index in [1.807, 2.05) is 13.0 Å². The quantitative estimate of drug-likeness (QED) is 0.814. The smallest absolute Gasteiger partial charge is 0.387 e. The summed E-state index contributed by atoms with van der Waals surface area (Å²) in [5, 5.41) is 2.41. The van der Waals surface area contributed by atoms with E-state index in [2.05, 4.69) is 10.1 Å². The van der Waals surface area contributed by atoms with Gasteiger partial charge < -0.3 is 10.1 Å². The van der Waals surface area contributed by atoms with Crippen LogP contribution in [0.15, 0.2) is 48.5 Å². The van der Waals surface area contributed by atoms with E-state index >= 15 is 0 Å². The first-order valence-corrected chi connectivity index (χ1v) is 9.16. The van der Waals surface area contributed by atoms with Gasteiger partial charge in [-0.05, 0) is 36.8 Å². The maximum absolute atomic E-state index is 12.1. The standard InChI is InChI=1S/C17H17F2NO4S/c1-12-3-2-4-13(9-12)10-25(22,23)11-16(21)20-14-5-7-15(8-6-14)24-17(18)19/h2-9,17H,10-11H2,1H3,(H,20,21). The lowest BCUT2D eigenvalue weighted by Gasteiger charge is -2.08. The average Bonchev–Trinajstić information content (AvgIpc) is 2.47. The molecule has 2 aromatic carbocycles. The van der Waals surface area contributed by atoms with Crippen LogP contribution in [0.25, 0.3) is 0 Å². The van der Waals surface area contributed by atoms with Crippen molar-refractivity contribution in [1.82, 2.24) is 0 Å². The molecule has 0 atom stereocenters. The number of carbonyl (C=O) groups is 1. The van der Waals surface area contributed by atoms with Crippen LogP contribution in [0, 0.1) is 6.92 Å². The van der Waals surface area contributed by atoms with Gasteiger partial charge in [0, 0.05) is 5.69 Å². The molecule has 2 rings (SSSR count). The maximum Gasteiger partial charge on any atom is 0.387 e. The highest BCUT2D eigenvalue weighted by Gasteiger charge is 2.18. The zero-order valence-electron chi connectivity index (χ0n) is 13.4. The zero-order chi connectivity index (χ0) is 18.4. The van der Waals surface area contributed by atoms with Gasteiger partial charge in [0.25, 0.3) is 0 Å². The van der Waals surface area contributed by atoms with Crippen molar-refractivity contribution in [2.75, 3.05) is 11.1 Å². The van der Waals surface area contributed by atoms with Crippen LogP contribution in [0.1, 0.15) is 11.1 Å². The number of alkyl halides is 2. The molecule has 0 heterocycles. The summed E-state index contributed by atoms with van der Waals surface area (Å²) < 4.78 is 52.6. The average molecular weight is 369 g/mol. The highest BCUT2D eigenvalue weighted by Crippen LogP contribution is 2.18. The summed E-state index contributed by atoms with van der Waals surface area (Å²) in [6.45, 7) is -1.09.